The summed E-state index contributed by atoms with van der Waals surface area (Å²) in [5.41, 5.74) is 6.81. The maximum absolute atomic E-state index is 13.3. The van der Waals surface area contributed by atoms with Crippen LogP contribution in [-0.2, 0) is 11.3 Å². The number of carbonyl (C=O) groups is 2. The quantitative estimate of drug-likeness (QED) is 0.479. The number of nitrogens with two attached hydrogens (primary N) is 1. The summed E-state index contributed by atoms with van der Waals surface area (Å²) in [7, 11) is 0. The minimum absolute atomic E-state index is 0.124. The number of ketones is 1. The minimum Gasteiger partial charge on any atom is -0.457 e. The fourth-order valence-corrected chi connectivity index (χ4v) is 2.09. The highest BCUT2D eigenvalue weighted by Gasteiger charge is 2.13. The number of Topliss-reactive ketones (excluding diaryl/α,β-unsaturated/α-hetero) is 1. The zero-order chi connectivity index (χ0) is 17.5. The smallest absolute Gasteiger partial charge is 0.341 e. The normalized spacial score (nSPS) is 10.3. The summed E-state index contributed by atoms with van der Waals surface area (Å²) in [6.07, 6.45) is 0.214. The number of hydrogen-bond acceptors (Lipinski definition) is 5. The molecule has 6 heteroatoms. The van der Waals surface area contributed by atoms with E-state index in [9.17, 15) is 14.0 Å². The lowest BCUT2D eigenvalue weighted by Crippen LogP contribution is -2.13. The summed E-state index contributed by atoms with van der Waals surface area (Å²) in [5, 5.41) is 0. The molecule has 0 saturated heterocycles. The van der Waals surface area contributed by atoms with Gasteiger partial charge in [0.25, 0.3) is 0 Å². The SMILES string of the molecule is CCC(=O)c1cc(F)ccc1OCOC(=O)c1cccc(CN)c1. The van der Waals surface area contributed by atoms with Crippen molar-refractivity contribution >= 4 is 11.8 Å². The van der Waals surface area contributed by atoms with Crippen molar-refractivity contribution < 1.29 is 23.5 Å². The zero-order valence-corrected chi connectivity index (χ0v) is 13.3. The lowest BCUT2D eigenvalue weighted by Gasteiger charge is -2.11. The van der Waals surface area contributed by atoms with Gasteiger partial charge >= 0.3 is 5.97 Å². The van der Waals surface area contributed by atoms with E-state index in [1.165, 1.54) is 12.1 Å². The third-order valence-electron chi connectivity index (χ3n) is 3.37. The van der Waals surface area contributed by atoms with Gasteiger partial charge in [-0.2, -0.15) is 0 Å². The van der Waals surface area contributed by atoms with Crippen molar-refractivity contribution in [2.24, 2.45) is 5.73 Å². The van der Waals surface area contributed by atoms with E-state index in [0.29, 0.717) is 12.1 Å². The molecule has 0 amide bonds. The Labute approximate surface area is 139 Å². The van der Waals surface area contributed by atoms with Gasteiger partial charge in [-0.05, 0) is 35.9 Å². The van der Waals surface area contributed by atoms with Crippen LogP contribution in [0.4, 0.5) is 4.39 Å². The molecule has 126 valence electrons. The predicted octanol–water partition coefficient (Wildman–Crippen LogP) is 3.07. The van der Waals surface area contributed by atoms with Gasteiger partial charge in [-0.3, -0.25) is 4.79 Å². The largest absolute Gasteiger partial charge is 0.457 e. The molecule has 2 rings (SSSR count). The molecule has 0 aliphatic heterocycles. The van der Waals surface area contributed by atoms with Crippen LogP contribution in [0.25, 0.3) is 0 Å². The molecule has 2 aromatic carbocycles. The lowest BCUT2D eigenvalue weighted by molar-refractivity contribution is 0.0152. The van der Waals surface area contributed by atoms with Crippen molar-refractivity contribution in [3.05, 3.63) is 65.0 Å². The third kappa shape index (κ3) is 4.39. The first-order valence-corrected chi connectivity index (χ1v) is 7.46. The molecule has 0 bridgehead atoms. The van der Waals surface area contributed by atoms with Crippen LogP contribution in [0.15, 0.2) is 42.5 Å². The monoisotopic (exact) mass is 331 g/mol. The Balaban J connectivity index is 2.01. The molecular weight excluding hydrogens is 313 g/mol. The van der Waals surface area contributed by atoms with Gasteiger partial charge in [-0.1, -0.05) is 19.1 Å². The van der Waals surface area contributed by atoms with E-state index in [-0.39, 0.29) is 30.3 Å². The maximum Gasteiger partial charge on any atom is 0.341 e. The average molecular weight is 331 g/mol. The van der Waals surface area contributed by atoms with Gasteiger partial charge in [-0.15, -0.1) is 0 Å². The third-order valence-corrected chi connectivity index (χ3v) is 3.37. The molecule has 0 aromatic heterocycles. The molecule has 0 spiro atoms. The zero-order valence-electron chi connectivity index (χ0n) is 13.3. The molecule has 5 nitrogen and oxygen atoms in total. The first-order valence-electron chi connectivity index (χ1n) is 7.46. The summed E-state index contributed by atoms with van der Waals surface area (Å²) in [5.74, 6) is -1.19. The highest BCUT2D eigenvalue weighted by molar-refractivity contribution is 5.98. The van der Waals surface area contributed by atoms with E-state index in [4.69, 9.17) is 15.2 Å². The van der Waals surface area contributed by atoms with Crippen molar-refractivity contribution in [1.29, 1.82) is 0 Å². The second-order valence-electron chi connectivity index (χ2n) is 5.02. The van der Waals surface area contributed by atoms with Gasteiger partial charge in [0.1, 0.15) is 11.6 Å². The summed E-state index contributed by atoms with van der Waals surface area (Å²) >= 11 is 0. The Bertz CT molecular complexity index is 746. The number of rotatable bonds is 7. The van der Waals surface area contributed by atoms with E-state index in [1.54, 1.807) is 31.2 Å². The van der Waals surface area contributed by atoms with Crippen molar-refractivity contribution in [3.63, 3.8) is 0 Å². The molecule has 0 unspecified atom stereocenters. The Hall–Kier alpha value is -2.73. The number of hydrogen-bond donors (Lipinski definition) is 1. The van der Waals surface area contributed by atoms with Crippen LogP contribution in [0, 0.1) is 5.82 Å². The molecule has 0 heterocycles. The standard InChI is InChI=1S/C18H18FNO4/c1-2-16(21)15-9-14(19)6-7-17(15)23-11-24-18(22)13-5-3-4-12(8-13)10-20/h3-9H,2,10-11,20H2,1H3. The van der Waals surface area contributed by atoms with Crippen LogP contribution in [0.3, 0.4) is 0 Å². The Morgan fingerprint density at radius 1 is 1.17 bits per heavy atom. The average Bonchev–Trinajstić information content (AvgIpc) is 2.62. The molecule has 0 fully saturated rings. The maximum atomic E-state index is 13.3. The molecule has 0 atom stereocenters. The summed E-state index contributed by atoms with van der Waals surface area (Å²) in [6, 6.07) is 10.4. The van der Waals surface area contributed by atoms with E-state index in [2.05, 4.69) is 0 Å². The molecule has 0 saturated carbocycles. The van der Waals surface area contributed by atoms with Crippen LogP contribution >= 0.6 is 0 Å². The summed E-state index contributed by atoms with van der Waals surface area (Å²) in [4.78, 5) is 23.8. The lowest BCUT2D eigenvalue weighted by atomic mass is 10.1. The van der Waals surface area contributed by atoms with Crippen LogP contribution < -0.4 is 10.5 Å². The Morgan fingerprint density at radius 3 is 2.67 bits per heavy atom. The first-order chi connectivity index (χ1) is 11.5. The second kappa shape index (κ2) is 8.21. The van der Waals surface area contributed by atoms with Crippen molar-refractivity contribution in [2.75, 3.05) is 6.79 Å². The van der Waals surface area contributed by atoms with E-state index < -0.39 is 11.8 Å². The highest BCUT2D eigenvalue weighted by Crippen LogP contribution is 2.21. The van der Waals surface area contributed by atoms with Crippen LogP contribution in [0.2, 0.25) is 0 Å². The molecule has 24 heavy (non-hydrogen) atoms. The summed E-state index contributed by atoms with van der Waals surface area (Å²) in [6.45, 7) is 1.60. The number of benzene rings is 2. The number of ether oxygens (including phenoxy) is 2. The Morgan fingerprint density at radius 2 is 1.96 bits per heavy atom. The van der Waals surface area contributed by atoms with Gasteiger partial charge in [0.15, 0.2) is 5.78 Å². The summed E-state index contributed by atoms with van der Waals surface area (Å²) < 4.78 is 23.6. The molecular formula is C18H18FNO4. The van der Waals surface area contributed by atoms with Crippen molar-refractivity contribution in [2.45, 2.75) is 19.9 Å². The predicted molar refractivity (Wildman–Crippen MR) is 86.3 cm³/mol. The minimum atomic E-state index is -0.573. The Kier molecular flexibility index (Phi) is 6.03. The first kappa shape index (κ1) is 17.6. The number of halogens is 1. The fourth-order valence-electron chi connectivity index (χ4n) is 2.09. The van der Waals surface area contributed by atoms with Crippen LogP contribution in [0.1, 0.15) is 39.6 Å². The van der Waals surface area contributed by atoms with Gasteiger partial charge in [-0.25, -0.2) is 9.18 Å². The number of carbonyl (C=O) groups excluding carboxylic acids is 2. The molecule has 0 aliphatic carbocycles. The van der Waals surface area contributed by atoms with Crippen molar-refractivity contribution in [3.8, 4) is 5.75 Å². The topological polar surface area (TPSA) is 78.6 Å². The molecule has 2 N–H and O–H groups in total. The highest BCUT2D eigenvalue weighted by atomic mass is 19.1. The molecule has 0 aliphatic rings. The van der Waals surface area contributed by atoms with Crippen LogP contribution in [-0.4, -0.2) is 18.5 Å². The van der Waals surface area contributed by atoms with E-state index in [0.717, 1.165) is 11.6 Å². The van der Waals surface area contributed by atoms with Gasteiger partial charge < -0.3 is 15.2 Å². The van der Waals surface area contributed by atoms with E-state index in [1.807, 2.05) is 0 Å². The fraction of sp³-hybridized carbons (Fsp3) is 0.222. The molecule has 0 radical (unpaired) electrons. The van der Waals surface area contributed by atoms with Crippen molar-refractivity contribution in [1.82, 2.24) is 0 Å². The van der Waals surface area contributed by atoms with Crippen LogP contribution in [0.5, 0.6) is 5.75 Å². The van der Waals surface area contributed by atoms with Gasteiger partial charge in [0.2, 0.25) is 6.79 Å². The van der Waals surface area contributed by atoms with Gasteiger partial charge in [0, 0.05) is 13.0 Å². The van der Waals surface area contributed by atoms with E-state index >= 15 is 0 Å². The molecule has 2 aromatic rings. The van der Waals surface area contributed by atoms with Gasteiger partial charge in [0.05, 0.1) is 11.1 Å². The number of esters is 1. The second-order valence-corrected chi connectivity index (χ2v) is 5.02.